The molecule has 3 aliphatic rings. The Bertz CT molecular complexity index is 336. The van der Waals surface area contributed by atoms with E-state index in [1.165, 1.54) is 5.06 Å². The van der Waals surface area contributed by atoms with Gasteiger partial charge in [0.2, 0.25) is 0 Å². The summed E-state index contributed by atoms with van der Waals surface area (Å²) >= 11 is 0. The first-order valence-electron chi connectivity index (χ1n) is 4.91. The van der Waals surface area contributed by atoms with E-state index in [2.05, 4.69) is 0 Å². The van der Waals surface area contributed by atoms with Crippen LogP contribution in [0.3, 0.4) is 0 Å². The molecular formula is C10H13NO3. The molecule has 1 amide bonds. The van der Waals surface area contributed by atoms with Crippen LogP contribution in [-0.2, 0) is 14.4 Å². The maximum atomic E-state index is 12.1. The molecule has 0 aliphatic carbocycles. The van der Waals surface area contributed by atoms with Gasteiger partial charge in [0.1, 0.15) is 0 Å². The summed E-state index contributed by atoms with van der Waals surface area (Å²) < 4.78 is 5.86. The first-order chi connectivity index (χ1) is 6.56. The molecule has 0 aromatic carbocycles. The topological polar surface area (TPSA) is 38.8 Å². The lowest BCUT2D eigenvalue weighted by Crippen LogP contribution is -2.59. The Balaban J connectivity index is 2.10. The Morgan fingerprint density at radius 2 is 2.36 bits per heavy atom. The Morgan fingerprint density at radius 1 is 1.57 bits per heavy atom. The van der Waals surface area contributed by atoms with Crippen molar-refractivity contribution >= 4 is 5.91 Å². The second kappa shape index (κ2) is 2.20. The van der Waals surface area contributed by atoms with Gasteiger partial charge in [0.05, 0.1) is 18.1 Å². The minimum atomic E-state index is -0.586. The molecule has 14 heavy (non-hydrogen) atoms. The smallest absolute Gasteiger partial charge is 0.257 e. The second-order valence-electron chi connectivity index (χ2n) is 4.65. The molecule has 0 aromatic rings. The van der Waals surface area contributed by atoms with Gasteiger partial charge in [0.15, 0.2) is 5.72 Å². The maximum Gasteiger partial charge on any atom is 0.257 e. The molecule has 3 heterocycles. The van der Waals surface area contributed by atoms with E-state index < -0.39 is 11.1 Å². The monoisotopic (exact) mass is 195 g/mol. The minimum absolute atomic E-state index is 0.0243. The van der Waals surface area contributed by atoms with Gasteiger partial charge in [-0.25, -0.2) is 0 Å². The average molecular weight is 195 g/mol. The number of nitrogens with zero attached hydrogens (tertiary/aromatic N) is 1. The lowest BCUT2D eigenvalue weighted by Gasteiger charge is -2.44. The van der Waals surface area contributed by atoms with Crippen molar-refractivity contribution in [2.24, 2.45) is 5.41 Å². The second-order valence-corrected chi connectivity index (χ2v) is 4.65. The van der Waals surface area contributed by atoms with Crippen molar-refractivity contribution < 1.29 is 14.4 Å². The molecule has 0 N–H and O–H groups in total. The summed E-state index contributed by atoms with van der Waals surface area (Å²) in [5.74, 6) is 0.0243. The molecule has 4 heteroatoms. The summed E-state index contributed by atoms with van der Waals surface area (Å²) in [6.07, 6.45) is 4.57. The molecule has 0 radical (unpaired) electrons. The first-order valence-corrected chi connectivity index (χ1v) is 4.91. The predicted octanol–water partition coefficient (Wildman–Crippen LogP) is 0.841. The van der Waals surface area contributed by atoms with Crippen LogP contribution in [0.2, 0.25) is 0 Å². The lowest BCUT2D eigenvalue weighted by atomic mass is 9.85. The van der Waals surface area contributed by atoms with Crippen LogP contribution in [0.5, 0.6) is 0 Å². The molecular weight excluding hydrogens is 182 g/mol. The minimum Gasteiger partial charge on any atom is -0.341 e. The molecule has 3 rings (SSSR count). The van der Waals surface area contributed by atoms with Gasteiger partial charge in [0, 0.05) is 6.42 Å². The zero-order chi connectivity index (χ0) is 9.97. The molecule has 2 fully saturated rings. The summed E-state index contributed by atoms with van der Waals surface area (Å²) in [7, 11) is 0. The summed E-state index contributed by atoms with van der Waals surface area (Å²) in [5.41, 5.74) is -1.10. The predicted molar refractivity (Wildman–Crippen MR) is 47.9 cm³/mol. The number of carbonyl (C=O) groups is 1. The summed E-state index contributed by atoms with van der Waals surface area (Å²) in [5, 5.41) is 1.41. The summed E-state index contributed by atoms with van der Waals surface area (Å²) in [4.78, 5) is 17.4. The van der Waals surface area contributed by atoms with Crippen LogP contribution in [0, 0.1) is 5.41 Å². The van der Waals surface area contributed by atoms with Gasteiger partial charge in [-0.15, -0.1) is 0 Å². The fraction of sp³-hybridized carbons (Fsp3) is 0.700. The van der Waals surface area contributed by atoms with Crippen molar-refractivity contribution in [2.45, 2.75) is 32.1 Å². The van der Waals surface area contributed by atoms with E-state index in [0.717, 1.165) is 6.42 Å². The van der Waals surface area contributed by atoms with Crippen molar-refractivity contribution in [3.63, 3.8) is 0 Å². The third-order valence-corrected chi connectivity index (χ3v) is 3.33. The number of ether oxygens (including phenoxy) is 1. The summed E-state index contributed by atoms with van der Waals surface area (Å²) in [6, 6.07) is 0. The highest BCUT2D eigenvalue weighted by Crippen LogP contribution is 2.47. The number of fused-ring (bicyclic) bond motifs is 1. The molecule has 2 bridgehead atoms. The highest BCUT2D eigenvalue weighted by atomic mass is 16.7. The van der Waals surface area contributed by atoms with Crippen LogP contribution >= 0.6 is 0 Å². The summed E-state index contributed by atoms with van der Waals surface area (Å²) in [6.45, 7) is 4.33. The molecule has 0 aromatic heterocycles. The standard InChI is InChI=1S/C10H13NO3/c1-9(2)7-3-4-10(14-7)5-6-13-11(10)8(9)12/h3-4,7H,5-6H2,1-2H3/t7-,10-/m1/s1. The van der Waals surface area contributed by atoms with Crippen LogP contribution < -0.4 is 0 Å². The van der Waals surface area contributed by atoms with Crippen LogP contribution in [-0.4, -0.2) is 29.4 Å². The fourth-order valence-corrected chi connectivity index (χ4v) is 2.29. The number of hydrogen-bond acceptors (Lipinski definition) is 3. The van der Waals surface area contributed by atoms with E-state index >= 15 is 0 Å². The largest absolute Gasteiger partial charge is 0.341 e. The van der Waals surface area contributed by atoms with Gasteiger partial charge in [-0.1, -0.05) is 6.08 Å². The van der Waals surface area contributed by atoms with Gasteiger partial charge in [-0.05, 0) is 19.9 Å². The van der Waals surface area contributed by atoms with Crippen molar-refractivity contribution in [1.29, 1.82) is 0 Å². The van der Waals surface area contributed by atoms with Gasteiger partial charge in [-0.3, -0.25) is 9.63 Å². The van der Waals surface area contributed by atoms with E-state index in [9.17, 15) is 4.79 Å². The zero-order valence-electron chi connectivity index (χ0n) is 8.32. The van der Waals surface area contributed by atoms with Crippen molar-refractivity contribution in [1.82, 2.24) is 5.06 Å². The highest BCUT2D eigenvalue weighted by Gasteiger charge is 2.60. The number of rotatable bonds is 0. The van der Waals surface area contributed by atoms with Crippen LogP contribution in [0.15, 0.2) is 12.2 Å². The first kappa shape index (κ1) is 8.44. The van der Waals surface area contributed by atoms with E-state index in [1.54, 1.807) is 0 Å². The zero-order valence-corrected chi connectivity index (χ0v) is 8.32. The Labute approximate surface area is 82.4 Å². The normalized spacial score (nSPS) is 43.1. The third-order valence-electron chi connectivity index (χ3n) is 3.33. The van der Waals surface area contributed by atoms with E-state index in [4.69, 9.17) is 9.57 Å². The van der Waals surface area contributed by atoms with E-state index in [0.29, 0.717) is 6.61 Å². The Kier molecular flexibility index (Phi) is 1.33. The molecule has 3 aliphatic heterocycles. The molecule has 4 nitrogen and oxygen atoms in total. The van der Waals surface area contributed by atoms with E-state index in [1.807, 2.05) is 26.0 Å². The van der Waals surface area contributed by atoms with Crippen LogP contribution in [0.1, 0.15) is 20.3 Å². The number of carbonyl (C=O) groups excluding carboxylic acids is 1. The number of hydroxylamine groups is 2. The third kappa shape index (κ3) is 0.746. The van der Waals surface area contributed by atoms with Crippen molar-refractivity contribution in [3.05, 3.63) is 12.2 Å². The Morgan fingerprint density at radius 3 is 3.14 bits per heavy atom. The molecule has 1 spiro atoms. The maximum absolute atomic E-state index is 12.1. The Hall–Kier alpha value is -0.870. The lowest BCUT2D eigenvalue weighted by molar-refractivity contribution is -0.270. The number of amides is 1. The molecule has 2 saturated heterocycles. The molecule has 2 atom stereocenters. The van der Waals surface area contributed by atoms with Crippen molar-refractivity contribution in [2.75, 3.05) is 6.61 Å². The fourth-order valence-electron chi connectivity index (χ4n) is 2.29. The van der Waals surface area contributed by atoms with Crippen LogP contribution in [0.4, 0.5) is 0 Å². The molecule has 76 valence electrons. The molecule has 0 saturated carbocycles. The van der Waals surface area contributed by atoms with E-state index in [-0.39, 0.29) is 12.0 Å². The SMILES string of the molecule is CC1(C)C(=O)N2OCC[C@]23C=C[C@H]1O3. The number of hydrogen-bond donors (Lipinski definition) is 0. The van der Waals surface area contributed by atoms with Crippen molar-refractivity contribution in [3.8, 4) is 0 Å². The van der Waals surface area contributed by atoms with Gasteiger partial charge >= 0.3 is 0 Å². The molecule has 0 unspecified atom stereocenters. The van der Waals surface area contributed by atoms with Gasteiger partial charge in [-0.2, -0.15) is 5.06 Å². The van der Waals surface area contributed by atoms with Gasteiger partial charge in [0.25, 0.3) is 5.91 Å². The highest BCUT2D eigenvalue weighted by molar-refractivity contribution is 5.84. The quantitative estimate of drug-likeness (QED) is 0.538. The van der Waals surface area contributed by atoms with Crippen LogP contribution in [0.25, 0.3) is 0 Å². The average Bonchev–Trinajstić information content (AvgIpc) is 2.71. The van der Waals surface area contributed by atoms with Gasteiger partial charge < -0.3 is 4.74 Å².